The topological polar surface area (TPSA) is 66.9 Å². The van der Waals surface area contributed by atoms with Gasteiger partial charge < -0.3 is 10.6 Å². The fourth-order valence-corrected chi connectivity index (χ4v) is 3.39. The maximum absolute atomic E-state index is 12.4. The molecule has 1 heterocycles. The van der Waals surface area contributed by atoms with Crippen molar-refractivity contribution in [1.82, 2.24) is 9.97 Å². The molecule has 0 saturated heterocycles. The molecule has 1 aliphatic rings. The Balaban J connectivity index is 1.68. The number of aromatic nitrogens is 2. The zero-order valence-corrected chi connectivity index (χ0v) is 15.3. The summed E-state index contributed by atoms with van der Waals surface area (Å²) >= 11 is 12.0. The van der Waals surface area contributed by atoms with Crippen molar-refractivity contribution in [2.24, 2.45) is 0 Å². The van der Waals surface area contributed by atoms with E-state index >= 15 is 0 Å². The minimum Gasteiger partial charge on any atom is -0.351 e. The van der Waals surface area contributed by atoms with Crippen LogP contribution in [0.3, 0.4) is 0 Å². The number of rotatable bonds is 4. The van der Waals surface area contributed by atoms with E-state index in [0.29, 0.717) is 27.7 Å². The zero-order valence-electron chi connectivity index (χ0n) is 13.8. The molecule has 1 aromatic heterocycles. The van der Waals surface area contributed by atoms with Crippen LogP contribution >= 0.6 is 23.2 Å². The van der Waals surface area contributed by atoms with Gasteiger partial charge in [0.1, 0.15) is 5.69 Å². The Bertz CT molecular complexity index is 746. The zero-order chi connectivity index (χ0) is 17.6. The van der Waals surface area contributed by atoms with E-state index in [-0.39, 0.29) is 11.6 Å². The minimum atomic E-state index is -0.337. The minimum absolute atomic E-state index is 0.289. The predicted molar refractivity (Wildman–Crippen MR) is 102 cm³/mol. The molecular weight excluding hydrogens is 359 g/mol. The quantitative estimate of drug-likeness (QED) is 0.720. The number of nitrogens with one attached hydrogen (secondary N) is 2. The van der Waals surface area contributed by atoms with Crippen LogP contribution in [0.1, 0.15) is 49.0 Å². The van der Waals surface area contributed by atoms with Gasteiger partial charge in [-0.2, -0.15) is 0 Å². The Kier molecular flexibility index (Phi) is 6.10. The molecule has 2 aromatic rings. The number of anilines is 2. The maximum Gasteiger partial charge on any atom is 0.274 e. The molecule has 1 fully saturated rings. The van der Waals surface area contributed by atoms with Crippen molar-refractivity contribution in [3.05, 3.63) is 46.2 Å². The molecule has 3 rings (SSSR count). The Hall–Kier alpha value is -1.85. The lowest BCUT2D eigenvalue weighted by Crippen LogP contribution is -2.21. The summed E-state index contributed by atoms with van der Waals surface area (Å²) in [6.45, 7) is 0. The molecule has 0 unspecified atom stereocenters. The van der Waals surface area contributed by atoms with Crippen LogP contribution in [0, 0.1) is 0 Å². The van der Waals surface area contributed by atoms with Gasteiger partial charge in [0.05, 0.1) is 10.7 Å². The molecule has 1 aliphatic carbocycles. The van der Waals surface area contributed by atoms with Crippen molar-refractivity contribution >= 4 is 40.7 Å². The molecule has 7 heteroatoms. The lowest BCUT2D eigenvalue weighted by Gasteiger charge is -2.16. The third kappa shape index (κ3) is 5.06. The van der Waals surface area contributed by atoms with Crippen LogP contribution < -0.4 is 10.6 Å². The summed E-state index contributed by atoms with van der Waals surface area (Å²) in [5, 5.41) is 7.00. The van der Waals surface area contributed by atoms with E-state index in [4.69, 9.17) is 23.2 Å². The van der Waals surface area contributed by atoms with Gasteiger partial charge in [-0.1, -0.05) is 48.9 Å². The SMILES string of the molecule is O=C(Nc1ccc(Cl)cc1Cl)c1ccnc(NC2CCCCCC2)n1. The van der Waals surface area contributed by atoms with Crippen LogP contribution in [0.5, 0.6) is 0 Å². The van der Waals surface area contributed by atoms with Crippen LogP contribution in [0.4, 0.5) is 11.6 Å². The van der Waals surface area contributed by atoms with Crippen LogP contribution in [0.2, 0.25) is 10.0 Å². The predicted octanol–water partition coefficient (Wildman–Crippen LogP) is 5.17. The number of carbonyl (C=O) groups is 1. The average molecular weight is 379 g/mol. The van der Waals surface area contributed by atoms with Crippen molar-refractivity contribution in [3.8, 4) is 0 Å². The lowest BCUT2D eigenvalue weighted by molar-refractivity contribution is 0.102. The lowest BCUT2D eigenvalue weighted by atomic mass is 10.1. The molecule has 25 heavy (non-hydrogen) atoms. The summed E-state index contributed by atoms with van der Waals surface area (Å²) in [4.78, 5) is 21.0. The third-order valence-electron chi connectivity index (χ3n) is 4.26. The molecule has 0 aliphatic heterocycles. The van der Waals surface area contributed by atoms with Crippen LogP contribution in [-0.2, 0) is 0 Å². The fourth-order valence-electron chi connectivity index (χ4n) is 2.94. The average Bonchev–Trinajstić information content (AvgIpc) is 2.86. The molecule has 0 spiro atoms. The molecule has 1 amide bonds. The van der Waals surface area contributed by atoms with Gasteiger partial charge >= 0.3 is 0 Å². The Morgan fingerprint density at radius 1 is 1.08 bits per heavy atom. The summed E-state index contributed by atoms with van der Waals surface area (Å²) in [7, 11) is 0. The number of hydrogen-bond donors (Lipinski definition) is 2. The summed E-state index contributed by atoms with van der Waals surface area (Å²) < 4.78 is 0. The van der Waals surface area contributed by atoms with E-state index in [1.807, 2.05) is 0 Å². The van der Waals surface area contributed by atoms with Gasteiger partial charge in [-0.25, -0.2) is 9.97 Å². The first-order chi connectivity index (χ1) is 12.1. The summed E-state index contributed by atoms with van der Waals surface area (Å²) in [6.07, 6.45) is 8.80. The normalized spacial score (nSPS) is 15.4. The molecule has 0 atom stereocenters. The third-order valence-corrected chi connectivity index (χ3v) is 4.80. The number of halogens is 2. The Labute approximate surface area is 157 Å². The first-order valence-electron chi connectivity index (χ1n) is 8.48. The second-order valence-corrected chi connectivity index (χ2v) is 7.02. The number of amides is 1. The van der Waals surface area contributed by atoms with Gasteiger partial charge in [-0.15, -0.1) is 0 Å². The Morgan fingerprint density at radius 2 is 1.84 bits per heavy atom. The number of benzene rings is 1. The molecule has 1 saturated carbocycles. The van der Waals surface area contributed by atoms with Crippen molar-refractivity contribution in [1.29, 1.82) is 0 Å². The van der Waals surface area contributed by atoms with E-state index in [1.54, 1.807) is 30.5 Å². The van der Waals surface area contributed by atoms with Crippen LogP contribution in [0.15, 0.2) is 30.5 Å². The summed E-state index contributed by atoms with van der Waals surface area (Å²) in [5.41, 5.74) is 0.782. The number of carbonyl (C=O) groups excluding carboxylic acids is 1. The van der Waals surface area contributed by atoms with E-state index in [0.717, 1.165) is 12.8 Å². The molecular formula is C18H20Cl2N4O. The molecule has 5 nitrogen and oxygen atoms in total. The van der Waals surface area contributed by atoms with Gasteiger partial charge in [-0.3, -0.25) is 4.79 Å². The first-order valence-corrected chi connectivity index (χ1v) is 9.23. The maximum atomic E-state index is 12.4. The molecule has 132 valence electrons. The van der Waals surface area contributed by atoms with Gasteiger partial charge in [-0.05, 0) is 37.1 Å². The molecule has 1 aromatic carbocycles. The van der Waals surface area contributed by atoms with Crippen molar-refractivity contribution in [2.45, 2.75) is 44.6 Å². The number of nitrogens with zero attached hydrogens (tertiary/aromatic N) is 2. The largest absolute Gasteiger partial charge is 0.351 e. The fraction of sp³-hybridized carbons (Fsp3) is 0.389. The van der Waals surface area contributed by atoms with E-state index in [2.05, 4.69) is 20.6 Å². The summed E-state index contributed by atoms with van der Waals surface area (Å²) in [5.74, 6) is 0.150. The van der Waals surface area contributed by atoms with Crippen LogP contribution in [0.25, 0.3) is 0 Å². The van der Waals surface area contributed by atoms with Gasteiger partial charge in [0.25, 0.3) is 5.91 Å². The molecule has 0 radical (unpaired) electrons. The van der Waals surface area contributed by atoms with Crippen molar-refractivity contribution in [3.63, 3.8) is 0 Å². The smallest absolute Gasteiger partial charge is 0.274 e. The molecule has 0 bridgehead atoms. The van der Waals surface area contributed by atoms with E-state index < -0.39 is 0 Å². The van der Waals surface area contributed by atoms with E-state index in [1.165, 1.54) is 25.7 Å². The summed E-state index contributed by atoms with van der Waals surface area (Å²) in [6, 6.07) is 6.86. The van der Waals surface area contributed by atoms with E-state index in [9.17, 15) is 4.79 Å². The van der Waals surface area contributed by atoms with Crippen molar-refractivity contribution < 1.29 is 4.79 Å². The molecule has 2 N–H and O–H groups in total. The second-order valence-electron chi connectivity index (χ2n) is 6.18. The second kappa shape index (κ2) is 8.50. The van der Waals surface area contributed by atoms with Crippen molar-refractivity contribution in [2.75, 3.05) is 10.6 Å². The highest BCUT2D eigenvalue weighted by molar-refractivity contribution is 6.36. The van der Waals surface area contributed by atoms with Gasteiger partial charge in [0, 0.05) is 17.3 Å². The monoisotopic (exact) mass is 378 g/mol. The first kappa shape index (κ1) is 18.0. The highest BCUT2D eigenvalue weighted by Crippen LogP contribution is 2.26. The number of hydrogen-bond acceptors (Lipinski definition) is 4. The van der Waals surface area contributed by atoms with Crippen LogP contribution in [-0.4, -0.2) is 21.9 Å². The van der Waals surface area contributed by atoms with Gasteiger partial charge in [0.15, 0.2) is 0 Å². The van der Waals surface area contributed by atoms with Gasteiger partial charge in [0.2, 0.25) is 5.95 Å². The standard InChI is InChI=1S/C18H20Cl2N4O/c19-12-7-8-15(14(20)11-12)23-17(25)16-9-10-21-18(24-16)22-13-5-3-1-2-4-6-13/h7-11,13H,1-6H2,(H,23,25)(H,21,22,24). The highest BCUT2D eigenvalue weighted by atomic mass is 35.5. The Morgan fingerprint density at radius 3 is 2.56 bits per heavy atom. The highest BCUT2D eigenvalue weighted by Gasteiger charge is 2.15.